The van der Waals surface area contributed by atoms with Crippen LogP contribution in [0.5, 0.6) is 11.5 Å². The van der Waals surface area contributed by atoms with Gasteiger partial charge in [0.1, 0.15) is 12.1 Å². The van der Waals surface area contributed by atoms with Crippen LogP contribution < -0.4 is 9.47 Å². The van der Waals surface area contributed by atoms with Crippen LogP contribution in [0, 0.1) is 16.7 Å². The van der Waals surface area contributed by atoms with Crippen molar-refractivity contribution in [2.75, 3.05) is 6.79 Å². The van der Waals surface area contributed by atoms with E-state index >= 15 is 0 Å². The molecule has 2 fully saturated rings. The third-order valence-corrected chi connectivity index (χ3v) is 6.70. The first-order valence-corrected chi connectivity index (χ1v) is 8.36. The van der Waals surface area contributed by atoms with Crippen LogP contribution in [-0.2, 0) is 9.59 Å². The maximum absolute atomic E-state index is 12.7. The van der Waals surface area contributed by atoms with Crippen LogP contribution in [0.2, 0.25) is 0 Å². The monoisotopic (exact) mass is 314 g/mol. The lowest BCUT2D eigenvalue weighted by atomic mass is 9.64. The third kappa shape index (κ3) is 1.90. The quantitative estimate of drug-likeness (QED) is 0.798. The maximum atomic E-state index is 12.7. The number of hydrogen-bond acceptors (Lipinski definition) is 4. The molecule has 3 aliphatic rings. The van der Waals surface area contributed by atoms with Gasteiger partial charge in [-0.15, -0.1) is 0 Å². The van der Waals surface area contributed by atoms with Crippen LogP contribution in [0.4, 0.5) is 0 Å². The molecule has 0 radical (unpaired) electrons. The first-order valence-electron chi connectivity index (χ1n) is 8.36. The van der Waals surface area contributed by atoms with E-state index in [1.165, 1.54) is 0 Å². The summed E-state index contributed by atoms with van der Waals surface area (Å²) < 4.78 is 10.8. The molecular formula is C19H22O4. The van der Waals surface area contributed by atoms with E-state index in [1.807, 2.05) is 18.2 Å². The molecule has 4 nitrogen and oxygen atoms in total. The molecule has 0 amide bonds. The van der Waals surface area contributed by atoms with Crippen LogP contribution in [0.15, 0.2) is 18.2 Å². The highest BCUT2D eigenvalue weighted by Crippen LogP contribution is 2.66. The highest BCUT2D eigenvalue weighted by molar-refractivity contribution is 5.90. The Labute approximate surface area is 136 Å². The molecule has 1 aromatic carbocycles. The van der Waals surface area contributed by atoms with Gasteiger partial charge < -0.3 is 14.3 Å². The summed E-state index contributed by atoms with van der Waals surface area (Å²) >= 11 is 0. The Kier molecular flexibility index (Phi) is 3.09. The Morgan fingerprint density at radius 2 is 2.09 bits per heavy atom. The standard InChI is InChI=1S/C19H22O4/c1-18(2)14-5-6-19(18,17(21)8-14)9-13(10-20)12-3-4-15-16(7-12)23-11-22-15/h3-4,7,10,13-14H,5-6,8-9,11H2,1-2H3. The summed E-state index contributed by atoms with van der Waals surface area (Å²) in [5.41, 5.74) is 0.555. The second-order valence-corrected chi connectivity index (χ2v) is 7.73. The van der Waals surface area contributed by atoms with Crippen molar-refractivity contribution in [3.63, 3.8) is 0 Å². The minimum atomic E-state index is -0.348. The van der Waals surface area contributed by atoms with E-state index in [2.05, 4.69) is 13.8 Å². The average Bonchev–Trinajstić information content (AvgIpc) is 3.14. The zero-order valence-electron chi connectivity index (χ0n) is 13.6. The number of rotatable bonds is 4. The average molecular weight is 314 g/mol. The highest BCUT2D eigenvalue weighted by Gasteiger charge is 2.64. The number of benzene rings is 1. The zero-order chi connectivity index (χ0) is 16.2. The van der Waals surface area contributed by atoms with Gasteiger partial charge in [-0.25, -0.2) is 0 Å². The van der Waals surface area contributed by atoms with Crippen LogP contribution in [0.3, 0.4) is 0 Å². The fourth-order valence-corrected chi connectivity index (χ4v) is 5.01. The van der Waals surface area contributed by atoms with Crippen molar-refractivity contribution in [2.45, 2.75) is 45.4 Å². The van der Waals surface area contributed by atoms with Crippen molar-refractivity contribution >= 4 is 12.1 Å². The number of carbonyl (C=O) groups excluding carboxylic acids is 2. The molecule has 0 saturated heterocycles. The molecule has 4 rings (SSSR count). The van der Waals surface area contributed by atoms with Crippen LogP contribution in [0.25, 0.3) is 0 Å². The summed E-state index contributed by atoms with van der Waals surface area (Å²) in [6.07, 6.45) is 4.29. The summed E-state index contributed by atoms with van der Waals surface area (Å²) in [5, 5.41) is 0. The van der Waals surface area contributed by atoms with Gasteiger partial charge >= 0.3 is 0 Å². The van der Waals surface area contributed by atoms with Gasteiger partial charge in [-0.2, -0.15) is 0 Å². The van der Waals surface area contributed by atoms with E-state index in [4.69, 9.17) is 9.47 Å². The lowest BCUT2D eigenvalue weighted by Crippen LogP contribution is -2.37. The van der Waals surface area contributed by atoms with Crippen molar-refractivity contribution in [2.24, 2.45) is 16.7 Å². The fourth-order valence-electron chi connectivity index (χ4n) is 5.01. The molecule has 122 valence electrons. The minimum absolute atomic E-state index is 0.0122. The molecule has 0 aromatic heterocycles. The summed E-state index contributed by atoms with van der Waals surface area (Å²) in [6.45, 7) is 4.63. The number of ether oxygens (including phenoxy) is 2. The fraction of sp³-hybridized carbons (Fsp3) is 0.579. The molecular weight excluding hydrogens is 292 g/mol. The van der Waals surface area contributed by atoms with Gasteiger partial charge in [-0.05, 0) is 48.3 Å². The Hall–Kier alpha value is -1.84. The predicted molar refractivity (Wildman–Crippen MR) is 84.5 cm³/mol. The number of fused-ring (bicyclic) bond motifs is 3. The molecule has 0 spiro atoms. The van der Waals surface area contributed by atoms with Gasteiger partial charge in [0.05, 0.1) is 0 Å². The van der Waals surface area contributed by atoms with E-state index in [0.717, 1.165) is 30.4 Å². The Morgan fingerprint density at radius 3 is 2.74 bits per heavy atom. The molecule has 1 heterocycles. The SMILES string of the molecule is CC1(C)C2CCC1(CC(C=O)c1ccc3c(c1)OCO3)C(=O)C2. The normalized spacial score (nSPS) is 31.4. The zero-order valence-corrected chi connectivity index (χ0v) is 13.6. The van der Waals surface area contributed by atoms with Crippen molar-refractivity contribution in [3.05, 3.63) is 23.8 Å². The van der Waals surface area contributed by atoms with Gasteiger partial charge in [-0.1, -0.05) is 19.9 Å². The molecule has 1 aliphatic heterocycles. The largest absolute Gasteiger partial charge is 0.454 e. The third-order valence-electron chi connectivity index (χ3n) is 6.70. The van der Waals surface area contributed by atoms with Crippen LogP contribution in [-0.4, -0.2) is 18.9 Å². The summed E-state index contributed by atoms with van der Waals surface area (Å²) in [5.74, 6) is 1.96. The number of aldehydes is 1. The van der Waals surface area contributed by atoms with E-state index in [9.17, 15) is 9.59 Å². The summed E-state index contributed by atoms with van der Waals surface area (Å²) in [7, 11) is 0. The molecule has 0 N–H and O–H groups in total. The molecule has 3 atom stereocenters. The molecule has 2 aliphatic carbocycles. The van der Waals surface area contributed by atoms with Gasteiger partial charge in [0.2, 0.25) is 6.79 Å². The van der Waals surface area contributed by atoms with Crippen molar-refractivity contribution in [3.8, 4) is 11.5 Å². The number of Topliss-reactive ketones (excluding diaryl/α,β-unsaturated/α-hetero) is 1. The predicted octanol–water partition coefficient (Wildman–Crippen LogP) is 3.48. The van der Waals surface area contributed by atoms with Gasteiger partial charge in [0.25, 0.3) is 0 Å². The number of hydrogen-bond donors (Lipinski definition) is 0. The number of carbonyl (C=O) groups is 2. The van der Waals surface area contributed by atoms with Crippen LogP contribution >= 0.6 is 0 Å². The Morgan fingerprint density at radius 1 is 1.30 bits per heavy atom. The summed E-state index contributed by atoms with van der Waals surface area (Å²) in [6, 6.07) is 5.66. The first-order chi connectivity index (χ1) is 11.0. The van der Waals surface area contributed by atoms with Gasteiger partial charge in [0, 0.05) is 17.8 Å². The Bertz CT molecular complexity index is 678. The second-order valence-electron chi connectivity index (χ2n) is 7.73. The Balaban J connectivity index is 1.66. The van der Waals surface area contributed by atoms with Crippen LogP contribution in [0.1, 0.15) is 51.0 Å². The highest BCUT2D eigenvalue weighted by atomic mass is 16.7. The molecule has 2 bridgehead atoms. The van der Waals surface area contributed by atoms with Crippen molar-refractivity contribution in [1.29, 1.82) is 0 Å². The van der Waals surface area contributed by atoms with Crippen molar-refractivity contribution < 1.29 is 19.1 Å². The molecule has 23 heavy (non-hydrogen) atoms. The lowest BCUT2D eigenvalue weighted by molar-refractivity contribution is -0.130. The number of ketones is 1. The van der Waals surface area contributed by atoms with E-state index in [-0.39, 0.29) is 23.5 Å². The van der Waals surface area contributed by atoms with Gasteiger partial charge in [-0.3, -0.25) is 4.79 Å². The minimum Gasteiger partial charge on any atom is -0.454 e. The lowest BCUT2D eigenvalue weighted by Gasteiger charge is -2.38. The van der Waals surface area contributed by atoms with E-state index in [0.29, 0.717) is 30.3 Å². The topological polar surface area (TPSA) is 52.6 Å². The van der Waals surface area contributed by atoms with Gasteiger partial charge in [0.15, 0.2) is 11.5 Å². The first kappa shape index (κ1) is 14.7. The molecule has 2 saturated carbocycles. The molecule has 1 aromatic rings. The smallest absolute Gasteiger partial charge is 0.231 e. The summed E-state index contributed by atoms with van der Waals surface area (Å²) in [4.78, 5) is 24.5. The van der Waals surface area contributed by atoms with Crippen molar-refractivity contribution in [1.82, 2.24) is 0 Å². The van der Waals surface area contributed by atoms with E-state index < -0.39 is 0 Å². The maximum Gasteiger partial charge on any atom is 0.231 e. The second kappa shape index (κ2) is 4.83. The molecule has 3 unspecified atom stereocenters. The van der Waals surface area contributed by atoms with E-state index in [1.54, 1.807) is 0 Å². The molecule has 4 heteroatoms.